The molecule has 7 N–H and O–H groups in total. The lowest BCUT2D eigenvalue weighted by Gasteiger charge is -2.53. The minimum absolute atomic E-state index is 0.141. The summed E-state index contributed by atoms with van der Waals surface area (Å²) in [6.07, 6.45) is -1.67. The number of ketones is 2. The van der Waals surface area contributed by atoms with Crippen LogP contribution in [0, 0.1) is 11.8 Å². The predicted octanol–water partition coefficient (Wildman–Crippen LogP) is -0.0170. The van der Waals surface area contributed by atoms with Crippen molar-refractivity contribution in [1.29, 1.82) is 0 Å². The highest BCUT2D eigenvalue weighted by Gasteiger charge is 2.68. The van der Waals surface area contributed by atoms with Gasteiger partial charge in [-0.3, -0.25) is 19.3 Å². The third kappa shape index (κ3) is 2.96. The number of nitrogens with zero attached hydrogens (tertiary/aromatic N) is 2. The van der Waals surface area contributed by atoms with Crippen LogP contribution in [0.4, 0.5) is 5.69 Å². The smallest absolute Gasteiger partial charge is 0.255 e. The van der Waals surface area contributed by atoms with Crippen LogP contribution in [0.5, 0.6) is 5.75 Å². The van der Waals surface area contributed by atoms with Crippen LogP contribution < -0.4 is 5.73 Å². The van der Waals surface area contributed by atoms with Gasteiger partial charge in [-0.15, -0.1) is 0 Å². The van der Waals surface area contributed by atoms with Gasteiger partial charge in [-0.05, 0) is 50.2 Å². The van der Waals surface area contributed by atoms with E-state index >= 15 is 0 Å². The molecule has 11 nitrogen and oxygen atoms in total. The molecule has 11 heteroatoms. The number of hydrogen-bond donors (Lipinski definition) is 6. The van der Waals surface area contributed by atoms with Crippen molar-refractivity contribution in [1.82, 2.24) is 4.90 Å². The highest BCUT2D eigenvalue weighted by Crippen LogP contribution is 2.57. The van der Waals surface area contributed by atoms with E-state index in [0.29, 0.717) is 5.56 Å². The largest absolute Gasteiger partial charge is 0.508 e. The van der Waals surface area contributed by atoms with Crippen LogP contribution in [0.3, 0.4) is 0 Å². The van der Waals surface area contributed by atoms with Crippen LogP contribution in [0.25, 0.3) is 5.76 Å². The molecule has 0 radical (unpaired) electrons. The molecule has 1 saturated carbocycles. The van der Waals surface area contributed by atoms with Gasteiger partial charge in [0.2, 0.25) is 5.78 Å². The zero-order chi connectivity index (χ0) is 26.1. The fourth-order valence-corrected chi connectivity index (χ4v) is 5.86. The van der Waals surface area contributed by atoms with Gasteiger partial charge in [-0.25, -0.2) is 4.99 Å². The second-order valence-electron chi connectivity index (χ2n) is 9.21. The lowest BCUT2D eigenvalue weighted by Crippen LogP contribution is -2.70. The van der Waals surface area contributed by atoms with Gasteiger partial charge in [-0.1, -0.05) is 6.92 Å². The molecule has 0 spiro atoms. The fourth-order valence-electron chi connectivity index (χ4n) is 5.86. The number of hydrogen-bond acceptors (Lipinski definition) is 10. The zero-order valence-electron chi connectivity index (χ0n) is 19.2. The monoisotopic (exact) mass is 483 g/mol. The van der Waals surface area contributed by atoms with Crippen molar-refractivity contribution in [2.24, 2.45) is 22.6 Å². The van der Waals surface area contributed by atoms with Crippen molar-refractivity contribution in [3.63, 3.8) is 0 Å². The van der Waals surface area contributed by atoms with Crippen LogP contribution in [0.2, 0.25) is 0 Å². The van der Waals surface area contributed by atoms with Crippen LogP contribution in [0.15, 0.2) is 40.6 Å². The van der Waals surface area contributed by atoms with Crippen LogP contribution in [0.1, 0.15) is 24.0 Å². The van der Waals surface area contributed by atoms with Gasteiger partial charge in [0.15, 0.2) is 11.4 Å². The van der Waals surface area contributed by atoms with Gasteiger partial charge in [0.05, 0.1) is 29.3 Å². The number of aliphatic hydroxyl groups excluding tert-OH is 3. The fraction of sp³-hybridized carbons (Fsp3) is 0.375. The number of likely N-dealkylation sites (N-methyl/N-ethyl adjacent to an activating group) is 1. The van der Waals surface area contributed by atoms with Crippen LogP contribution in [-0.4, -0.2) is 85.6 Å². The van der Waals surface area contributed by atoms with E-state index in [0.717, 1.165) is 0 Å². The minimum Gasteiger partial charge on any atom is -0.508 e. The first-order chi connectivity index (χ1) is 16.3. The molecule has 35 heavy (non-hydrogen) atoms. The van der Waals surface area contributed by atoms with E-state index in [-0.39, 0.29) is 11.3 Å². The molecule has 6 atom stereocenters. The summed E-state index contributed by atoms with van der Waals surface area (Å²) in [7, 11) is 2.89. The van der Waals surface area contributed by atoms with E-state index in [9.17, 15) is 39.9 Å². The van der Waals surface area contributed by atoms with Crippen molar-refractivity contribution in [2.75, 3.05) is 14.1 Å². The zero-order valence-corrected chi connectivity index (χ0v) is 19.2. The first-order valence-electron chi connectivity index (χ1n) is 10.7. The number of Topliss-reactive ketones (excluding diaryl/α,β-unsaturated/α-hetero) is 2. The summed E-state index contributed by atoms with van der Waals surface area (Å²) >= 11 is 0. The molecular formula is C24H25N3O8. The number of phenols is 1. The van der Waals surface area contributed by atoms with Crippen LogP contribution in [-0.2, 0) is 14.4 Å². The van der Waals surface area contributed by atoms with Gasteiger partial charge in [0.1, 0.15) is 22.8 Å². The quantitative estimate of drug-likeness (QED) is 0.253. The summed E-state index contributed by atoms with van der Waals surface area (Å²) in [5.74, 6) is -7.12. The highest BCUT2D eigenvalue weighted by atomic mass is 16.4. The minimum atomic E-state index is -2.95. The van der Waals surface area contributed by atoms with Gasteiger partial charge >= 0.3 is 0 Å². The molecule has 0 aliphatic heterocycles. The number of primary amides is 1. The first-order valence-corrected chi connectivity index (χ1v) is 10.7. The topological polar surface area (TPSA) is 194 Å². The standard InChI is InChI=1S/C24H25N3O8/c1-5-26-9-6-7-10(28)13-11(9)8(2)12-14(18(13)29)21(32)24(35)16(19(12)30)17(27(3)4)20(31)15(22(24)33)23(25)34/h6-8,12,16-17,19,28-30,33,35H,1H2,2-4H3,(H2,25,34). The number of aliphatic imine (C=N–C) groups is 1. The Balaban J connectivity index is 2.10. The lowest BCUT2D eigenvalue weighted by atomic mass is 9.54. The summed E-state index contributed by atoms with van der Waals surface area (Å²) in [5, 5.41) is 55.7. The highest BCUT2D eigenvalue weighted by molar-refractivity contribution is 6.24. The number of rotatable bonds is 3. The van der Waals surface area contributed by atoms with Crippen molar-refractivity contribution < 1.29 is 39.9 Å². The molecule has 1 aromatic rings. The van der Waals surface area contributed by atoms with Crippen molar-refractivity contribution in [3.8, 4) is 5.75 Å². The number of nitrogens with two attached hydrogens (primary N) is 1. The number of fused-ring (bicyclic) bond motifs is 3. The molecule has 6 unspecified atom stereocenters. The molecule has 1 fully saturated rings. The Hall–Kier alpha value is -3.76. The Labute approximate surface area is 199 Å². The van der Waals surface area contributed by atoms with Crippen LogP contribution >= 0.6 is 0 Å². The predicted molar refractivity (Wildman–Crippen MR) is 123 cm³/mol. The summed E-state index contributed by atoms with van der Waals surface area (Å²) in [4.78, 5) is 44.3. The Morgan fingerprint density at radius 1 is 1.23 bits per heavy atom. The van der Waals surface area contributed by atoms with E-state index in [1.165, 1.54) is 31.1 Å². The van der Waals surface area contributed by atoms with Crippen molar-refractivity contribution >= 4 is 34.8 Å². The molecule has 0 bridgehead atoms. The number of aliphatic hydroxyl groups is 4. The van der Waals surface area contributed by atoms with Crippen molar-refractivity contribution in [2.45, 2.75) is 30.6 Å². The summed E-state index contributed by atoms with van der Waals surface area (Å²) < 4.78 is 0. The molecule has 0 saturated heterocycles. The molecule has 4 rings (SSSR count). The lowest BCUT2D eigenvalue weighted by molar-refractivity contribution is -0.169. The summed E-state index contributed by atoms with van der Waals surface area (Å²) in [6, 6.07) is 1.28. The van der Waals surface area contributed by atoms with E-state index in [1.54, 1.807) is 6.92 Å². The van der Waals surface area contributed by atoms with Gasteiger partial charge < -0.3 is 31.3 Å². The molecule has 184 valence electrons. The molecule has 1 aromatic carbocycles. The maximum Gasteiger partial charge on any atom is 0.255 e. The number of carbonyl (C=O) groups excluding carboxylic acids is 3. The maximum absolute atomic E-state index is 13.8. The van der Waals surface area contributed by atoms with Gasteiger partial charge in [-0.2, -0.15) is 0 Å². The maximum atomic E-state index is 13.8. The molecule has 0 heterocycles. The average Bonchev–Trinajstić information content (AvgIpc) is 2.77. The second kappa shape index (κ2) is 7.89. The third-order valence-electron chi connectivity index (χ3n) is 7.28. The van der Waals surface area contributed by atoms with Gasteiger partial charge in [0, 0.05) is 11.5 Å². The normalized spacial score (nSPS) is 32.1. The molecule has 0 aromatic heterocycles. The van der Waals surface area contributed by atoms with E-state index < -0.39 is 81.4 Å². The van der Waals surface area contributed by atoms with E-state index in [4.69, 9.17) is 5.73 Å². The Morgan fingerprint density at radius 3 is 2.40 bits per heavy atom. The summed E-state index contributed by atoms with van der Waals surface area (Å²) in [5.41, 5.74) is 1.34. The van der Waals surface area contributed by atoms with Crippen molar-refractivity contribution in [3.05, 3.63) is 46.7 Å². The number of benzene rings is 1. The first kappa shape index (κ1) is 24.4. The number of phenolic OH excluding ortho intramolecular Hbond substituents is 1. The Kier molecular flexibility index (Phi) is 5.49. The van der Waals surface area contributed by atoms with E-state index in [1.807, 2.05) is 0 Å². The Morgan fingerprint density at radius 2 is 1.86 bits per heavy atom. The van der Waals surface area contributed by atoms with E-state index in [2.05, 4.69) is 17.4 Å². The molecule has 3 aliphatic carbocycles. The third-order valence-corrected chi connectivity index (χ3v) is 7.28. The molecule has 1 amide bonds. The Bertz CT molecular complexity index is 1310. The molecular weight excluding hydrogens is 458 g/mol. The average molecular weight is 483 g/mol. The van der Waals surface area contributed by atoms with Gasteiger partial charge in [0.25, 0.3) is 5.91 Å². The SMILES string of the molecule is C=C=Nc1ccc(O)c2c1C(C)C1C(=C2O)C(=O)C2(O)C(O)=C(C(N)=O)C(=O)C(N(C)C)C2C1O. The second-order valence-corrected chi connectivity index (χ2v) is 9.21. The number of aromatic hydroxyl groups is 1. The summed E-state index contributed by atoms with van der Waals surface area (Å²) in [6.45, 7) is 5.05. The molecule has 3 aliphatic rings. The number of carbonyl (C=O) groups is 3. The number of amides is 1.